The lowest BCUT2D eigenvalue weighted by atomic mass is 9.83. The van der Waals surface area contributed by atoms with Crippen LogP contribution in [0.5, 0.6) is 11.6 Å². The van der Waals surface area contributed by atoms with Crippen LogP contribution in [-0.2, 0) is 0 Å². The number of nitrogens with one attached hydrogen (secondary N) is 1. The Morgan fingerprint density at radius 1 is 1.31 bits per heavy atom. The normalized spacial score (nSPS) is 15.2. The van der Waals surface area contributed by atoms with Crippen LogP contribution in [0.25, 0.3) is 11.3 Å². The molecule has 0 spiro atoms. The van der Waals surface area contributed by atoms with Crippen LogP contribution in [0.15, 0.2) is 60.0 Å². The maximum absolute atomic E-state index is 11.2. The molecule has 9 heteroatoms. The van der Waals surface area contributed by atoms with Gasteiger partial charge >= 0.3 is 0 Å². The summed E-state index contributed by atoms with van der Waals surface area (Å²) in [5.74, 6) is 0.312. The fraction of sp³-hybridized carbons (Fsp3) is 0.100. The number of aromatic nitrogens is 2. The molecule has 0 unspecified atom stereocenters. The van der Waals surface area contributed by atoms with Crippen LogP contribution in [0, 0.1) is 21.4 Å². The molecule has 0 aliphatic carbocycles. The van der Waals surface area contributed by atoms with Crippen molar-refractivity contribution >= 4 is 5.69 Å². The molecule has 144 valence electrons. The van der Waals surface area contributed by atoms with Crippen molar-refractivity contribution in [2.45, 2.75) is 5.92 Å². The summed E-state index contributed by atoms with van der Waals surface area (Å²) in [6, 6.07) is 15.5. The first-order valence-electron chi connectivity index (χ1n) is 8.58. The minimum atomic E-state index is -0.553. The summed E-state index contributed by atoms with van der Waals surface area (Å²) in [6.07, 6.45) is 0. The van der Waals surface area contributed by atoms with Gasteiger partial charge in [0.2, 0.25) is 11.8 Å². The molecule has 0 amide bonds. The average molecular weight is 389 g/mol. The Labute approximate surface area is 165 Å². The van der Waals surface area contributed by atoms with Crippen LogP contribution in [0.4, 0.5) is 5.69 Å². The second-order valence-corrected chi connectivity index (χ2v) is 6.32. The lowest BCUT2D eigenvalue weighted by Gasteiger charge is -2.24. The van der Waals surface area contributed by atoms with Crippen molar-refractivity contribution in [1.29, 1.82) is 5.26 Å². The van der Waals surface area contributed by atoms with Crippen molar-refractivity contribution in [2.24, 2.45) is 5.73 Å². The Morgan fingerprint density at radius 3 is 2.72 bits per heavy atom. The first-order valence-corrected chi connectivity index (χ1v) is 8.58. The van der Waals surface area contributed by atoms with Crippen LogP contribution in [0.2, 0.25) is 0 Å². The Bertz CT molecular complexity index is 1170. The second kappa shape index (κ2) is 7.01. The number of H-pyrrole nitrogens is 1. The highest BCUT2D eigenvalue weighted by molar-refractivity contribution is 5.72. The summed E-state index contributed by atoms with van der Waals surface area (Å²) in [7, 11) is 1.57. The second-order valence-electron chi connectivity index (χ2n) is 6.32. The zero-order valence-corrected chi connectivity index (χ0v) is 15.2. The lowest BCUT2D eigenvalue weighted by molar-refractivity contribution is -0.384. The standard InChI is InChI=1S/C20H15N5O4/c1-28-14-7-5-11(6-8-14)16-15(10-21)19(22)29-20-17(16)18(23-24-20)12-3-2-4-13(9-12)25(26)27/h2-9,16H,22H2,1H3,(H,23,24)/t16-/m0/s1. The number of nitriles is 1. The van der Waals surface area contributed by atoms with Crippen molar-refractivity contribution in [3.8, 4) is 29.0 Å². The van der Waals surface area contributed by atoms with Gasteiger partial charge in [0.05, 0.1) is 29.2 Å². The monoisotopic (exact) mass is 389 g/mol. The fourth-order valence-corrected chi connectivity index (χ4v) is 3.37. The zero-order valence-electron chi connectivity index (χ0n) is 15.2. The number of benzene rings is 2. The smallest absolute Gasteiger partial charge is 0.270 e. The van der Waals surface area contributed by atoms with E-state index < -0.39 is 10.8 Å². The molecule has 0 fully saturated rings. The van der Waals surface area contributed by atoms with Gasteiger partial charge in [0.15, 0.2) is 0 Å². The van der Waals surface area contributed by atoms with Crippen LogP contribution in [0.3, 0.4) is 0 Å². The molecule has 0 saturated carbocycles. The molecule has 0 saturated heterocycles. The Balaban J connectivity index is 1.91. The number of nitrogens with zero attached hydrogens (tertiary/aromatic N) is 3. The minimum absolute atomic E-state index is 0.0297. The summed E-state index contributed by atoms with van der Waals surface area (Å²) in [4.78, 5) is 10.7. The van der Waals surface area contributed by atoms with E-state index in [1.165, 1.54) is 12.1 Å². The van der Waals surface area contributed by atoms with Gasteiger partial charge in [-0.1, -0.05) is 24.3 Å². The number of allylic oxidation sites excluding steroid dienone is 1. The van der Waals surface area contributed by atoms with Gasteiger partial charge in [0, 0.05) is 17.7 Å². The SMILES string of the molecule is COc1ccc([C@H]2C(C#N)=C(N)Oc3n[nH]c(-c4cccc([N+](=O)[O-])c4)c32)cc1. The van der Waals surface area contributed by atoms with Crippen LogP contribution in [-0.4, -0.2) is 22.2 Å². The number of methoxy groups -OCH3 is 1. The van der Waals surface area contributed by atoms with E-state index in [9.17, 15) is 15.4 Å². The molecule has 1 aliphatic heterocycles. The first kappa shape index (κ1) is 18.1. The predicted octanol–water partition coefficient (Wildman–Crippen LogP) is 3.21. The highest BCUT2D eigenvalue weighted by Crippen LogP contribution is 2.46. The molecule has 2 aromatic carbocycles. The van der Waals surface area contributed by atoms with Gasteiger partial charge in [-0.3, -0.25) is 15.2 Å². The Morgan fingerprint density at radius 2 is 2.07 bits per heavy atom. The molecule has 0 bridgehead atoms. The highest BCUT2D eigenvalue weighted by atomic mass is 16.6. The van der Waals surface area contributed by atoms with E-state index in [2.05, 4.69) is 16.3 Å². The number of non-ortho nitro benzene ring substituents is 1. The Hall–Kier alpha value is -4.32. The number of ether oxygens (including phenoxy) is 2. The van der Waals surface area contributed by atoms with E-state index in [-0.39, 0.29) is 23.0 Å². The van der Waals surface area contributed by atoms with Crippen molar-refractivity contribution in [2.75, 3.05) is 7.11 Å². The number of nitro groups is 1. The molecular formula is C20H15N5O4. The largest absolute Gasteiger partial charge is 0.497 e. The number of rotatable bonds is 4. The molecular weight excluding hydrogens is 374 g/mol. The van der Waals surface area contributed by atoms with E-state index in [0.717, 1.165) is 5.56 Å². The molecule has 29 heavy (non-hydrogen) atoms. The number of fused-ring (bicyclic) bond motifs is 1. The molecule has 1 aliphatic rings. The summed E-state index contributed by atoms with van der Waals surface area (Å²) in [6.45, 7) is 0. The topological polar surface area (TPSA) is 140 Å². The van der Waals surface area contributed by atoms with Gasteiger partial charge in [-0.15, -0.1) is 5.10 Å². The van der Waals surface area contributed by atoms with E-state index in [1.807, 2.05) is 12.1 Å². The molecule has 1 aromatic heterocycles. The molecule has 3 N–H and O–H groups in total. The molecule has 2 heterocycles. The summed E-state index contributed by atoms with van der Waals surface area (Å²) < 4.78 is 10.8. The van der Waals surface area contributed by atoms with E-state index in [1.54, 1.807) is 31.4 Å². The third kappa shape index (κ3) is 3.02. The van der Waals surface area contributed by atoms with E-state index in [0.29, 0.717) is 22.6 Å². The van der Waals surface area contributed by atoms with Gasteiger partial charge in [-0.2, -0.15) is 5.26 Å². The predicted molar refractivity (Wildman–Crippen MR) is 103 cm³/mol. The van der Waals surface area contributed by atoms with Gasteiger partial charge in [0.1, 0.15) is 17.4 Å². The van der Waals surface area contributed by atoms with Crippen LogP contribution in [0.1, 0.15) is 17.0 Å². The summed E-state index contributed by atoms with van der Waals surface area (Å²) in [5.41, 5.74) is 8.58. The average Bonchev–Trinajstić information content (AvgIpc) is 3.16. The molecule has 3 aromatic rings. The molecule has 1 atom stereocenters. The number of nitrogens with two attached hydrogens (primary N) is 1. The fourth-order valence-electron chi connectivity index (χ4n) is 3.37. The maximum Gasteiger partial charge on any atom is 0.270 e. The first-order chi connectivity index (χ1) is 14.0. The zero-order chi connectivity index (χ0) is 20.5. The van der Waals surface area contributed by atoms with E-state index in [4.69, 9.17) is 15.2 Å². The van der Waals surface area contributed by atoms with E-state index >= 15 is 0 Å². The van der Waals surface area contributed by atoms with Crippen molar-refractivity contribution in [3.05, 3.63) is 81.2 Å². The number of hydrogen-bond donors (Lipinski definition) is 2. The van der Waals surface area contributed by atoms with Gasteiger partial charge in [0.25, 0.3) is 5.69 Å². The van der Waals surface area contributed by atoms with Gasteiger partial charge in [-0.05, 0) is 17.7 Å². The van der Waals surface area contributed by atoms with Crippen molar-refractivity contribution in [3.63, 3.8) is 0 Å². The molecule has 4 rings (SSSR count). The summed E-state index contributed by atoms with van der Waals surface area (Å²) >= 11 is 0. The maximum atomic E-state index is 11.2. The quantitative estimate of drug-likeness (QED) is 0.515. The van der Waals surface area contributed by atoms with Gasteiger partial charge in [-0.25, -0.2) is 0 Å². The third-order valence-electron chi connectivity index (χ3n) is 4.73. The van der Waals surface area contributed by atoms with Gasteiger partial charge < -0.3 is 15.2 Å². The lowest BCUT2D eigenvalue weighted by Crippen LogP contribution is -2.21. The van der Waals surface area contributed by atoms with Crippen LogP contribution >= 0.6 is 0 Å². The number of aromatic amines is 1. The van der Waals surface area contributed by atoms with Crippen LogP contribution < -0.4 is 15.2 Å². The minimum Gasteiger partial charge on any atom is -0.497 e. The summed E-state index contributed by atoms with van der Waals surface area (Å²) in [5, 5.41) is 27.9. The van der Waals surface area contributed by atoms with Crippen molar-refractivity contribution in [1.82, 2.24) is 10.2 Å². The highest BCUT2D eigenvalue weighted by Gasteiger charge is 2.35. The van der Waals surface area contributed by atoms with Crippen molar-refractivity contribution < 1.29 is 14.4 Å². The molecule has 0 radical (unpaired) electrons. The third-order valence-corrected chi connectivity index (χ3v) is 4.73. The number of nitro benzene ring substituents is 1. The number of hydrogen-bond acceptors (Lipinski definition) is 7. The Kier molecular flexibility index (Phi) is 4.37. The molecule has 9 nitrogen and oxygen atoms in total.